The fraction of sp³-hybridized carbons (Fsp3) is 0.0870. The van der Waals surface area contributed by atoms with Gasteiger partial charge in [-0.1, -0.05) is 103 Å². The van der Waals surface area contributed by atoms with E-state index in [0.717, 1.165) is 63.7 Å². The minimum Gasteiger partial charge on any atom is -0.308 e. The van der Waals surface area contributed by atoms with Gasteiger partial charge >= 0.3 is 37.1 Å². The van der Waals surface area contributed by atoms with E-state index >= 15 is 39.5 Å². The molecule has 0 amide bonds. The van der Waals surface area contributed by atoms with Crippen molar-refractivity contribution in [3.05, 3.63) is 311 Å². The van der Waals surface area contributed by atoms with E-state index in [1.54, 1.807) is 103 Å². The maximum Gasteiger partial charge on any atom is 0.417 e. The van der Waals surface area contributed by atoms with Gasteiger partial charge in [0.2, 0.25) is 0 Å². The zero-order chi connectivity index (χ0) is 82.9. The molecule has 18 aromatic rings. The predicted molar refractivity (Wildman–Crippen MR) is 415 cm³/mol. The number of fused-ring (bicyclic) bond motifs is 12. The van der Waals surface area contributed by atoms with E-state index in [1.807, 2.05) is 30.3 Å². The topological polar surface area (TPSA) is 93.1 Å². The van der Waals surface area contributed by atoms with Crippen molar-refractivity contribution in [3.63, 3.8) is 0 Å². The van der Waals surface area contributed by atoms with E-state index < -0.39 is 115 Å². The van der Waals surface area contributed by atoms with Gasteiger partial charge in [0.15, 0.2) is 0 Å². The number of benzene rings is 12. The molecule has 0 radical (unpaired) electrons. The second kappa shape index (κ2) is 26.7. The van der Waals surface area contributed by atoms with Crippen LogP contribution >= 0.6 is 0 Å². The van der Waals surface area contributed by atoms with Gasteiger partial charge in [0.25, 0.3) is 0 Å². The van der Waals surface area contributed by atoms with Crippen LogP contribution in [0.3, 0.4) is 0 Å². The second-order valence-corrected chi connectivity index (χ2v) is 28.7. The quantitative estimate of drug-likeness (QED) is 0.135. The molecule has 118 heavy (non-hydrogen) atoms. The highest BCUT2D eigenvalue weighted by molar-refractivity contribution is 6.16. The van der Waals surface area contributed by atoms with Gasteiger partial charge in [-0.05, 0) is 199 Å². The average molecular weight is 1610 g/mol. The molecule has 18 rings (SSSR count). The third-order valence-corrected chi connectivity index (χ3v) is 21.5. The summed E-state index contributed by atoms with van der Waals surface area (Å²) in [7, 11) is 0. The van der Waals surface area contributed by atoms with Gasteiger partial charge in [0, 0.05) is 65.6 Å². The molecule has 8 nitrogen and oxygen atoms in total. The second-order valence-electron chi connectivity index (χ2n) is 28.7. The van der Waals surface area contributed by atoms with Crippen molar-refractivity contribution in [1.29, 1.82) is 10.5 Å². The highest BCUT2D eigenvalue weighted by Crippen LogP contribution is 2.51. The zero-order valence-electron chi connectivity index (χ0n) is 60.6. The number of alkyl halides is 18. The summed E-state index contributed by atoms with van der Waals surface area (Å²) in [5, 5.41) is 23.1. The van der Waals surface area contributed by atoms with E-state index in [1.165, 1.54) is 53.1 Å². The van der Waals surface area contributed by atoms with Crippen molar-refractivity contribution >= 4 is 87.2 Å². The van der Waals surface area contributed by atoms with Gasteiger partial charge in [0.05, 0.1) is 112 Å². The first-order valence-corrected chi connectivity index (χ1v) is 36.0. The maximum absolute atomic E-state index is 16.9. The Morgan fingerprint density at radius 3 is 0.975 bits per heavy atom. The molecule has 0 spiro atoms. The van der Waals surface area contributed by atoms with Crippen molar-refractivity contribution in [2.75, 3.05) is 0 Å². The molecule has 582 valence electrons. The Balaban J connectivity index is 0.926. The standard InChI is InChI=1S/C92H48F18N8/c1-47-29-52(30-48(2)113-47)54-34-81(117-83-40-58(89(99,100)101)18-23-62(83)63-24-19-59(41-84(63)117)90(102,103)104)71(46-112)82(35-54)118-85-42-60(91(105,106)107)20-25-64(85)69-43-65(72(44-86(69)118)92(108,109)110)51-17-26-76-66(31-51)68-39-57(88(96,97)98)22-28-78(68)116(76)80-37-55(53-32-73(49-11-5-3-6-12-49)114-74(33-53)50-13-7-4-8-14-50)36-79(70(80)45-111)115-75-16-10-9-15-61(75)67-38-56(87(93,94)95)21-27-77(67)115/h3-44H,1-2H3. The number of aryl methyl sites for hydroxylation is 2. The van der Waals surface area contributed by atoms with Crippen molar-refractivity contribution in [2.24, 2.45) is 0 Å². The molecule has 0 N–H and O–H groups in total. The Kier molecular flexibility index (Phi) is 17.0. The molecule has 0 aliphatic heterocycles. The normalized spacial score (nSPS) is 12.7. The molecular weight excluding hydrogens is 1560 g/mol. The Morgan fingerprint density at radius 2 is 0.559 bits per heavy atom. The summed E-state index contributed by atoms with van der Waals surface area (Å²) in [6.45, 7) is 3.15. The molecule has 26 heteroatoms. The Bertz CT molecular complexity index is 7230. The van der Waals surface area contributed by atoms with Gasteiger partial charge in [-0.2, -0.15) is 89.6 Å². The van der Waals surface area contributed by atoms with Crippen LogP contribution in [0.4, 0.5) is 79.0 Å². The van der Waals surface area contributed by atoms with Crippen LogP contribution in [0, 0.1) is 36.5 Å². The van der Waals surface area contributed by atoms with Crippen LogP contribution in [0.2, 0.25) is 0 Å². The first kappa shape index (κ1) is 75.2. The molecule has 0 bridgehead atoms. The number of hydrogen-bond donors (Lipinski definition) is 0. The van der Waals surface area contributed by atoms with E-state index in [0.29, 0.717) is 98.4 Å². The molecule has 0 unspecified atom stereocenters. The minimum absolute atomic E-state index is 0.00592. The fourth-order valence-electron chi connectivity index (χ4n) is 16.3. The average Bonchev–Trinajstić information content (AvgIpc) is 1.55. The zero-order valence-corrected chi connectivity index (χ0v) is 60.6. The van der Waals surface area contributed by atoms with Gasteiger partial charge in [-0.15, -0.1) is 0 Å². The number of para-hydroxylation sites is 1. The molecule has 6 heterocycles. The highest BCUT2D eigenvalue weighted by atomic mass is 19.4. The summed E-state index contributed by atoms with van der Waals surface area (Å²) in [5.74, 6) is 0. The Hall–Kier alpha value is -14.1. The first-order chi connectivity index (χ1) is 56.0. The lowest BCUT2D eigenvalue weighted by Crippen LogP contribution is -2.10. The first-order valence-electron chi connectivity index (χ1n) is 36.0. The summed E-state index contributed by atoms with van der Waals surface area (Å²) in [5.41, 5.74) is -8.12. The lowest BCUT2D eigenvalue weighted by Gasteiger charge is -2.20. The Morgan fingerprint density at radius 1 is 0.246 bits per heavy atom. The highest BCUT2D eigenvalue weighted by Gasteiger charge is 2.40. The molecule has 0 saturated heterocycles. The van der Waals surface area contributed by atoms with E-state index in [9.17, 15) is 50.0 Å². The van der Waals surface area contributed by atoms with Gasteiger partial charge in [0.1, 0.15) is 23.3 Å². The van der Waals surface area contributed by atoms with Crippen LogP contribution in [0.5, 0.6) is 0 Å². The lowest BCUT2D eigenvalue weighted by atomic mass is 9.95. The van der Waals surface area contributed by atoms with Crippen molar-refractivity contribution in [2.45, 2.75) is 50.9 Å². The SMILES string of the molecule is Cc1cc(-c2cc(-n3c4cc(C(F)(F)F)ccc4c4ccc(C(F)(F)F)cc43)c(C#N)c(-n3c4cc(C(F)(F)F)ccc4c4cc(-c5ccc6c(c5)c5cc(C(F)(F)F)ccc5n6-c5cc(-c6cc(-c7ccccc7)nc(-c7ccccc7)c6)cc(-n6c7ccccc7c7cc(C(F)(F)F)ccc76)c5C#N)c(C(F)(F)F)cc43)c2)cc(C)n1. The van der Waals surface area contributed by atoms with Crippen molar-refractivity contribution in [3.8, 4) is 90.8 Å². The number of aromatic nitrogens is 6. The molecule has 0 fully saturated rings. The molecule has 0 aliphatic rings. The molecule has 0 aliphatic carbocycles. The third kappa shape index (κ3) is 12.6. The number of nitrogens with zero attached hydrogens (tertiary/aromatic N) is 8. The van der Waals surface area contributed by atoms with E-state index in [4.69, 9.17) is 4.98 Å². The summed E-state index contributed by atoms with van der Waals surface area (Å²) in [6.07, 6.45) is -30.7. The van der Waals surface area contributed by atoms with Crippen molar-refractivity contribution < 1.29 is 79.0 Å². The third-order valence-electron chi connectivity index (χ3n) is 21.5. The number of nitriles is 2. The molecule has 0 saturated carbocycles. The summed E-state index contributed by atoms with van der Waals surface area (Å²) >= 11 is 0. The molecule has 12 aromatic carbocycles. The van der Waals surface area contributed by atoms with Crippen LogP contribution in [0.15, 0.2) is 255 Å². The molecular formula is C92H48F18N8. The summed E-state index contributed by atoms with van der Waals surface area (Å²) < 4.78 is 281. The van der Waals surface area contributed by atoms with Crippen LogP contribution in [-0.4, -0.2) is 28.2 Å². The number of rotatable bonds is 9. The monoisotopic (exact) mass is 1610 g/mol. The molecule has 6 aromatic heterocycles. The van der Waals surface area contributed by atoms with E-state index in [2.05, 4.69) is 11.1 Å². The fourth-order valence-corrected chi connectivity index (χ4v) is 16.3. The van der Waals surface area contributed by atoms with Crippen LogP contribution < -0.4 is 0 Å². The number of pyridine rings is 2. The number of halogens is 18. The summed E-state index contributed by atoms with van der Waals surface area (Å²) in [6, 6.07) is 59.0. The van der Waals surface area contributed by atoms with Gasteiger partial charge in [-0.3, -0.25) is 4.98 Å². The largest absolute Gasteiger partial charge is 0.417 e. The van der Waals surface area contributed by atoms with Gasteiger partial charge in [-0.25, -0.2) is 4.98 Å². The molecule has 0 atom stereocenters. The maximum atomic E-state index is 16.9. The van der Waals surface area contributed by atoms with Crippen LogP contribution in [0.1, 0.15) is 55.9 Å². The van der Waals surface area contributed by atoms with Crippen LogP contribution in [0.25, 0.3) is 166 Å². The summed E-state index contributed by atoms with van der Waals surface area (Å²) in [4.78, 5) is 9.48. The smallest absolute Gasteiger partial charge is 0.308 e. The Labute approximate surface area is 654 Å². The van der Waals surface area contributed by atoms with Gasteiger partial charge < -0.3 is 18.3 Å². The van der Waals surface area contributed by atoms with E-state index in [-0.39, 0.29) is 87.9 Å². The van der Waals surface area contributed by atoms with Crippen LogP contribution in [-0.2, 0) is 37.1 Å². The lowest BCUT2D eigenvalue weighted by molar-refractivity contribution is -0.138. The number of hydrogen-bond acceptors (Lipinski definition) is 4. The predicted octanol–water partition coefficient (Wildman–Crippen LogP) is 27.7. The van der Waals surface area contributed by atoms with Crippen molar-refractivity contribution in [1.82, 2.24) is 28.2 Å². The minimum atomic E-state index is -5.48.